The van der Waals surface area contributed by atoms with Gasteiger partial charge in [0, 0.05) is 19.8 Å². The molecular weight excluding hydrogens is 312 g/mol. The topological polar surface area (TPSA) is 179 Å². The highest BCUT2D eigenvalue weighted by Gasteiger charge is 2.45. The number of aliphatic carboxylic acids is 1. The predicted octanol–water partition coefficient (Wildman–Crippen LogP) is -3.27. The van der Waals surface area contributed by atoms with E-state index >= 15 is 0 Å². The van der Waals surface area contributed by atoms with E-state index < -0.39 is 67.2 Å². The molecule has 10 heteroatoms. The molecule has 0 spiro atoms. The molecule has 1 saturated heterocycles. The smallest absolute Gasteiger partial charge is 0.320 e. The highest BCUT2D eigenvalue weighted by atomic mass is 16.5. The van der Waals surface area contributed by atoms with Crippen molar-refractivity contribution in [2.24, 2.45) is 5.73 Å². The molecule has 1 rings (SSSR count). The Kier molecular flexibility index (Phi) is 7.03. The highest BCUT2D eigenvalue weighted by Crippen LogP contribution is 2.24. The van der Waals surface area contributed by atoms with Crippen LogP contribution in [0.15, 0.2) is 0 Å². The first kappa shape index (κ1) is 19.5. The number of amides is 1. The van der Waals surface area contributed by atoms with E-state index in [-0.39, 0.29) is 6.42 Å². The molecule has 132 valence electrons. The number of ketones is 1. The fraction of sp³-hybridized carbons (Fsp3) is 0.769. The number of rotatable bonds is 7. The zero-order chi connectivity index (χ0) is 17.7. The molecule has 0 radical (unpaired) electrons. The molecule has 1 heterocycles. The number of aliphatic hydroxyl groups is 3. The van der Waals surface area contributed by atoms with E-state index in [0.29, 0.717) is 0 Å². The van der Waals surface area contributed by atoms with Gasteiger partial charge in [0.1, 0.15) is 30.1 Å². The van der Waals surface area contributed by atoms with Gasteiger partial charge in [-0.15, -0.1) is 0 Å². The highest BCUT2D eigenvalue weighted by molar-refractivity contribution is 5.86. The third-order valence-electron chi connectivity index (χ3n) is 3.59. The zero-order valence-corrected chi connectivity index (χ0v) is 12.6. The SMILES string of the molecule is CC(=O)N[C@@H]1[C@@H](O)[C@H](O)[C@@H](CO)O[C@H]1CC(=O)C[C@H](N)C(=O)O. The molecule has 7 N–H and O–H groups in total. The standard InChI is InChI=1S/C13H22N2O8/c1-5(17)15-10-8(3-6(18)2-7(14)13(21)22)23-9(4-16)11(19)12(10)20/h7-12,16,19-20H,2-4,14H2,1H3,(H,15,17)(H,21,22)/t7-,8-,9+,10-,11+,12+/m0/s1. The summed E-state index contributed by atoms with van der Waals surface area (Å²) in [5.74, 6) is -2.38. The van der Waals surface area contributed by atoms with Crippen LogP contribution < -0.4 is 11.1 Å². The summed E-state index contributed by atoms with van der Waals surface area (Å²) in [4.78, 5) is 33.8. The second-order valence-corrected chi connectivity index (χ2v) is 5.49. The summed E-state index contributed by atoms with van der Waals surface area (Å²) in [5.41, 5.74) is 5.28. The van der Waals surface area contributed by atoms with E-state index in [0.717, 1.165) is 0 Å². The minimum Gasteiger partial charge on any atom is -0.480 e. The van der Waals surface area contributed by atoms with Gasteiger partial charge in [-0.3, -0.25) is 14.4 Å². The molecule has 0 aliphatic carbocycles. The summed E-state index contributed by atoms with van der Waals surface area (Å²) in [7, 11) is 0. The molecule has 1 aliphatic rings. The van der Waals surface area contributed by atoms with Gasteiger partial charge in [0.05, 0.1) is 18.8 Å². The van der Waals surface area contributed by atoms with Gasteiger partial charge >= 0.3 is 5.97 Å². The Labute approximate surface area is 132 Å². The van der Waals surface area contributed by atoms with Crippen molar-refractivity contribution in [2.75, 3.05) is 6.61 Å². The third-order valence-corrected chi connectivity index (χ3v) is 3.59. The van der Waals surface area contributed by atoms with Gasteiger partial charge in [0.2, 0.25) is 5.91 Å². The minimum absolute atomic E-state index is 0.327. The number of ether oxygens (including phenoxy) is 1. The number of carboxylic acid groups (broad SMARTS) is 1. The van der Waals surface area contributed by atoms with Gasteiger partial charge in [0.15, 0.2) is 0 Å². The van der Waals surface area contributed by atoms with E-state index in [4.69, 9.17) is 20.7 Å². The molecule has 1 fully saturated rings. The van der Waals surface area contributed by atoms with Gasteiger partial charge < -0.3 is 36.2 Å². The van der Waals surface area contributed by atoms with Crippen LogP contribution in [-0.4, -0.2) is 81.2 Å². The summed E-state index contributed by atoms with van der Waals surface area (Å²) in [6.45, 7) is 0.598. The monoisotopic (exact) mass is 334 g/mol. The van der Waals surface area contributed by atoms with Crippen molar-refractivity contribution in [2.45, 2.75) is 56.3 Å². The number of nitrogens with two attached hydrogens (primary N) is 1. The fourth-order valence-corrected chi connectivity index (χ4v) is 2.42. The molecule has 1 amide bonds. The number of carbonyl (C=O) groups excluding carboxylic acids is 2. The first-order chi connectivity index (χ1) is 10.7. The molecule has 1 aliphatic heterocycles. The van der Waals surface area contributed by atoms with Crippen LogP contribution in [0, 0.1) is 0 Å². The maximum Gasteiger partial charge on any atom is 0.320 e. The Hall–Kier alpha value is -1.59. The lowest BCUT2D eigenvalue weighted by atomic mass is 9.89. The van der Waals surface area contributed by atoms with E-state index in [9.17, 15) is 24.6 Å². The van der Waals surface area contributed by atoms with Crippen LogP contribution in [0.25, 0.3) is 0 Å². The van der Waals surface area contributed by atoms with E-state index in [1.807, 2.05) is 0 Å². The van der Waals surface area contributed by atoms with Crippen molar-refractivity contribution in [3.8, 4) is 0 Å². The average Bonchev–Trinajstić information content (AvgIpc) is 2.46. The van der Waals surface area contributed by atoms with Crippen molar-refractivity contribution >= 4 is 17.7 Å². The van der Waals surface area contributed by atoms with Crippen LogP contribution in [0.4, 0.5) is 0 Å². The first-order valence-electron chi connectivity index (χ1n) is 7.07. The number of carboxylic acids is 1. The van der Waals surface area contributed by atoms with Gasteiger partial charge in [-0.1, -0.05) is 0 Å². The second kappa shape index (κ2) is 8.31. The van der Waals surface area contributed by atoms with Crippen molar-refractivity contribution < 1.29 is 39.5 Å². The van der Waals surface area contributed by atoms with Gasteiger partial charge in [-0.25, -0.2) is 0 Å². The number of Topliss-reactive ketones (excluding diaryl/α,β-unsaturated/α-hetero) is 1. The Morgan fingerprint density at radius 3 is 2.30 bits per heavy atom. The lowest BCUT2D eigenvalue weighted by molar-refractivity contribution is -0.196. The van der Waals surface area contributed by atoms with Gasteiger partial charge in [-0.05, 0) is 0 Å². The summed E-state index contributed by atoms with van der Waals surface area (Å²) < 4.78 is 5.36. The van der Waals surface area contributed by atoms with Crippen molar-refractivity contribution in [3.05, 3.63) is 0 Å². The molecular formula is C13H22N2O8. The predicted molar refractivity (Wildman–Crippen MR) is 75.2 cm³/mol. The number of nitrogens with one attached hydrogen (secondary N) is 1. The van der Waals surface area contributed by atoms with Crippen LogP contribution in [0.3, 0.4) is 0 Å². The minimum atomic E-state index is -1.45. The Balaban J connectivity index is 2.82. The number of hydrogen-bond acceptors (Lipinski definition) is 8. The molecule has 0 aromatic rings. The number of aliphatic hydroxyl groups excluding tert-OH is 3. The van der Waals surface area contributed by atoms with Gasteiger partial charge in [0.25, 0.3) is 0 Å². The van der Waals surface area contributed by atoms with Crippen LogP contribution in [-0.2, 0) is 19.1 Å². The van der Waals surface area contributed by atoms with E-state index in [1.165, 1.54) is 6.92 Å². The van der Waals surface area contributed by atoms with Crippen LogP contribution in [0.1, 0.15) is 19.8 Å². The molecule has 0 aromatic heterocycles. The van der Waals surface area contributed by atoms with Crippen molar-refractivity contribution in [1.29, 1.82) is 0 Å². The Bertz CT molecular complexity index is 457. The number of hydrogen-bond donors (Lipinski definition) is 6. The first-order valence-corrected chi connectivity index (χ1v) is 7.07. The van der Waals surface area contributed by atoms with E-state index in [2.05, 4.69) is 5.32 Å². The fourth-order valence-electron chi connectivity index (χ4n) is 2.42. The van der Waals surface area contributed by atoms with Crippen molar-refractivity contribution in [3.63, 3.8) is 0 Å². The summed E-state index contributed by atoms with van der Waals surface area (Å²) in [5, 5.41) is 40.1. The van der Waals surface area contributed by atoms with Gasteiger partial charge in [-0.2, -0.15) is 0 Å². The zero-order valence-electron chi connectivity index (χ0n) is 12.6. The normalized spacial score (nSPS) is 32.1. The lowest BCUT2D eigenvalue weighted by Crippen LogP contribution is -2.64. The van der Waals surface area contributed by atoms with Crippen molar-refractivity contribution in [1.82, 2.24) is 5.32 Å². The van der Waals surface area contributed by atoms with E-state index in [1.54, 1.807) is 0 Å². The Morgan fingerprint density at radius 2 is 1.83 bits per heavy atom. The molecule has 6 atom stereocenters. The summed E-state index contributed by atoms with van der Waals surface area (Å²) >= 11 is 0. The molecule has 10 nitrogen and oxygen atoms in total. The molecule has 0 saturated carbocycles. The second-order valence-electron chi connectivity index (χ2n) is 5.49. The maximum absolute atomic E-state index is 11.9. The summed E-state index contributed by atoms with van der Waals surface area (Å²) in [6, 6.07) is -2.44. The number of carbonyl (C=O) groups is 3. The largest absolute Gasteiger partial charge is 0.480 e. The lowest BCUT2D eigenvalue weighted by Gasteiger charge is -2.42. The molecule has 0 unspecified atom stereocenters. The molecule has 23 heavy (non-hydrogen) atoms. The summed E-state index contributed by atoms with van der Waals surface area (Å²) in [6.07, 6.45) is -5.81. The quantitative estimate of drug-likeness (QED) is 0.278. The third kappa shape index (κ3) is 5.22. The maximum atomic E-state index is 11.9. The molecule has 0 aromatic carbocycles. The average molecular weight is 334 g/mol. The molecule has 0 bridgehead atoms. The van der Waals surface area contributed by atoms with Crippen LogP contribution >= 0.6 is 0 Å². The van der Waals surface area contributed by atoms with Crippen LogP contribution in [0.5, 0.6) is 0 Å². The Morgan fingerprint density at radius 1 is 1.22 bits per heavy atom. The van der Waals surface area contributed by atoms with Crippen LogP contribution in [0.2, 0.25) is 0 Å².